The Kier molecular flexibility index (Phi) is 11.3. The van der Waals surface area contributed by atoms with Crippen molar-refractivity contribution in [3.8, 4) is 0 Å². The highest BCUT2D eigenvalue weighted by Crippen LogP contribution is 2.28. The summed E-state index contributed by atoms with van der Waals surface area (Å²) in [5.74, 6) is -2.23. The summed E-state index contributed by atoms with van der Waals surface area (Å²) in [5.41, 5.74) is 2.09. The highest BCUT2D eigenvalue weighted by Gasteiger charge is 2.39. The number of aryl methyl sites for hydroxylation is 2. The minimum absolute atomic E-state index is 0.00532. The maximum atomic E-state index is 14.6. The van der Waals surface area contributed by atoms with Crippen molar-refractivity contribution in [2.75, 3.05) is 27.2 Å². The van der Waals surface area contributed by atoms with E-state index in [1.165, 1.54) is 22.0 Å². The van der Waals surface area contributed by atoms with Crippen LogP contribution in [0.1, 0.15) is 62.5 Å². The van der Waals surface area contributed by atoms with Gasteiger partial charge in [0.2, 0.25) is 23.6 Å². The van der Waals surface area contributed by atoms with E-state index in [4.69, 9.17) is 0 Å². The Morgan fingerprint density at radius 1 is 1.04 bits per heavy atom. The van der Waals surface area contributed by atoms with Gasteiger partial charge in [-0.3, -0.25) is 23.7 Å². The predicted molar refractivity (Wildman–Crippen MR) is 180 cm³/mol. The summed E-state index contributed by atoms with van der Waals surface area (Å²) >= 11 is 0. The van der Waals surface area contributed by atoms with Crippen molar-refractivity contribution in [2.24, 2.45) is 11.8 Å². The summed E-state index contributed by atoms with van der Waals surface area (Å²) in [6, 6.07) is 10.6. The van der Waals surface area contributed by atoms with E-state index in [9.17, 15) is 28.4 Å². The van der Waals surface area contributed by atoms with Crippen LogP contribution in [0.3, 0.4) is 0 Å². The van der Waals surface area contributed by atoms with Crippen molar-refractivity contribution in [1.82, 2.24) is 30.0 Å². The number of H-pyrrole nitrogens is 1. The summed E-state index contributed by atoms with van der Waals surface area (Å²) in [6.45, 7) is 2.20. The van der Waals surface area contributed by atoms with Crippen LogP contribution in [0.2, 0.25) is 0 Å². The number of aromatic amines is 1. The average Bonchev–Trinajstić information content (AvgIpc) is 3.39. The first kappa shape index (κ1) is 34.8. The van der Waals surface area contributed by atoms with E-state index < -0.39 is 29.7 Å². The molecule has 12 heteroatoms. The fraction of sp³-hybridized carbons (Fsp3) is 0.528. The molecule has 2 aliphatic rings. The van der Waals surface area contributed by atoms with Gasteiger partial charge in [0.05, 0.1) is 23.4 Å². The van der Waals surface area contributed by atoms with E-state index in [0.717, 1.165) is 31.2 Å². The Hall–Kier alpha value is -4.48. The van der Waals surface area contributed by atoms with Crippen LogP contribution in [0.25, 0.3) is 11.0 Å². The molecule has 1 saturated carbocycles. The van der Waals surface area contributed by atoms with Crippen molar-refractivity contribution < 1.29 is 23.6 Å². The third-order valence-electron chi connectivity index (χ3n) is 9.79. The van der Waals surface area contributed by atoms with Crippen molar-refractivity contribution in [3.05, 3.63) is 69.9 Å². The molecule has 3 N–H and O–H groups in total. The number of hydrogen-bond donors (Lipinski definition) is 3. The Morgan fingerprint density at radius 3 is 2.52 bits per heavy atom. The molecule has 5 rings (SSSR count). The van der Waals surface area contributed by atoms with Crippen LogP contribution in [0.15, 0.2) is 47.3 Å². The van der Waals surface area contributed by atoms with Crippen LogP contribution in [-0.4, -0.2) is 82.2 Å². The molecule has 48 heavy (non-hydrogen) atoms. The van der Waals surface area contributed by atoms with E-state index in [0.29, 0.717) is 29.8 Å². The number of para-hydroxylation sites is 2. The highest BCUT2D eigenvalue weighted by molar-refractivity contribution is 5.90. The van der Waals surface area contributed by atoms with Crippen LogP contribution in [0.5, 0.6) is 0 Å². The SMILES string of the molecule is Cc1ccc(CC(=O)N2CC[C@H](NC(=O)CCn3c(=O)[nH]c4ccccc43)[C@H](C(=O)N[C@H](CC3CCCCC3)C(=O)N(C)C)C2)c(F)c1. The Labute approximate surface area is 280 Å². The molecule has 4 amide bonds. The minimum Gasteiger partial charge on any atom is -0.352 e. The molecule has 0 unspecified atom stereocenters. The van der Waals surface area contributed by atoms with Gasteiger partial charge in [0.1, 0.15) is 11.9 Å². The maximum Gasteiger partial charge on any atom is 0.326 e. The first-order valence-electron chi connectivity index (χ1n) is 17.0. The summed E-state index contributed by atoms with van der Waals surface area (Å²) in [6.07, 6.45) is 6.06. The quantitative estimate of drug-likeness (QED) is 0.290. The molecule has 2 heterocycles. The molecule has 2 fully saturated rings. The van der Waals surface area contributed by atoms with Crippen molar-refractivity contribution in [2.45, 2.75) is 83.3 Å². The lowest BCUT2D eigenvalue weighted by atomic mass is 9.84. The topological polar surface area (TPSA) is 137 Å². The van der Waals surface area contributed by atoms with Gasteiger partial charge in [-0.15, -0.1) is 0 Å². The predicted octanol–water partition coefficient (Wildman–Crippen LogP) is 3.29. The second-order valence-electron chi connectivity index (χ2n) is 13.6. The van der Waals surface area contributed by atoms with Crippen LogP contribution in [0.4, 0.5) is 4.39 Å². The van der Waals surface area contributed by atoms with E-state index in [1.54, 1.807) is 50.2 Å². The third kappa shape index (κ3) is 8.51. The summed E-state index contributed by atoms with van der Waals surface area (Å²) in [4.78, 5) is 72.3. The Bertz CT molecular complexity index is 1690. The number of amides is 4. The fourth-order valence-electron chi connectivity index (χ4n) is 7.08. The van der Waals surface area contributed by atoms with Crippen molar-refractivity contribution in [1.29, 1.82) is 0 Å². The Balaban J connectivity index is 1.31. The van der Waals surface area contributed by atoms with Gasteiger partial charge in [0.25, 0.3) is 0 Å². The molecule has 0 radical (unpaired) electrons. The van der Waals surface area contributed by atoms with Gasteiger partial charge in [-0.05, 0) is 55.0 Å². The highest BCUT2D eigenvalue weighted by atomic mass is 19.1. The van der Waals surface area contributed by atoms with Gasteiger partial charge in [-0.2, -0.15) is 0 Å². The molecule has 2 aromatic carbocycles. The molecule has 1 saturated heterocycles. The number of imidazole rings is 1. The summed E-state index contributed by atoms with van der Waals surface area (Å²) < 4.78 is 16.1. The number of fused-ring (bicyclic) bond motifs is 1. The van der Waals surface area contributed by atoms with Gasteiger partial charge in [0, 0.05) is 46.2 Å². The van der Waals surface area contributed by atoms with Crippen LogP contribution >= 0.6 is 0 Å². The van der Waals surface area contributed by atoms with Gasteiger partial charge in [-0.1, -0.05) is 56.4 Å². The smallest absolute Gasteiger partial charge is 0.326 e. The first-order chi connectivity index (χ1) is 23.0. The standard InChI is InChI=1S/C36H47FN6O5/c1-23-13-14-25(27(37)19-23)21-33(45)42-17-15-28(38-32(44)16-18-43-31-12-8-7-11-29(31)40-36(43)48)26(22-42)34(46)39-30(35(47)41(2)3)20-24-9-5-4-6-10-24/h7-8,11-14,19,24,26,28,30H,4-6,9-10,15-18,20-22H2,1-3H3,(H,38,44)(H,39,46)(H,40,48)/t26-,28+,30-/m1/s1. The number of carbonyl (C=O) groups excluding carboxylic acids is 4. The zero-order chi connectivity index (χ0) is 34.4. The molecule has 11 nitrogen and oxygen atoms in total. The van der Waals surface area contributed by atoms with Gasteiger partial charge in [-0.25, -0.2) is 9.18 Å². The average molecular weight is 663 g/mol. The van der Waals surface area contributed by atoms with Crippen molar-refractivity contribution in [3.63, 3.8) is 0 Å². The lowest BCUT2D eigenvalue weighted by Gasteiger charge is -2.39. The summed E-state index contributed by atoms with van der Waals surface area (Å²) in [7, 11) is 3.32. The zero-order valence-corrected chi connectivity index (χ0v) is 28.1. The molecule has 3 atom stereocenters. The normalized spacial score (nSPS) is 19.1. The Morgan fingerprint density at radius 2 is 1.79 bits per heavy atom. The molecular formula is C36H47FN6O5. The van der Waals surface area contributed by atoms with E-state index in [2.05, 4.69) is 15.6 Å². The second-order valence-corrected chi connectivity index (χ2v) is 13.6. The van der Waals surface area contributed by atoms with Gasteiger partial charge >= 0.3 is 5.69 Å². The van der Waals surface area contributed by atoms with E-state index in [-0.39, 0.29) is 61.5 Å². The molecule has 1 aromatic heterocycles. The monoisotopic (exact) mass is 662 g/mol. The third-order valence-corrected chi connectivity index (χ3v) is 9.79. The lowest BCUT2D eigenvalue weighted by Crippen LogP contribution is -2.59. The van der Waals surface area contributed by atoms with Gasteiger partial charge in [0.15, 0.2) is 0 Å². The molecule has 258 valence electrons. The number of piperidine rings is 1. The number of carbonyl (C=O) groups is 4. The number of rotatable bonds is 11. The molecule has 0 bridgehead atoms. The number of likely N-dealkylation sites (N-methyl/N-ethyl adjacent to an activating group) is 1. The molecular weight excluding hydrogens is 615 g/mol. The lowest BCUT2D eigenvalue weighted by molar-refractivity contribution is -0.140. The van der Waals surface area contributed by atoms with E-state index in [1.807, 2.05) is 12.1 Å². The molecule has 3 aromatic rings. The second kappa shape index (κ2) is 15.6. The largest absolute Gasteiger partial charge is 0.352 e. The number of hydrogen-bond acceptors (Lipinski definition) is 5. The number of halogens is 1. The number of nitrogens with zero attached hydrogens (tertiary/aromatic N) is 3. The number of likely N-dealkylation sites (tertiary alicyclic amines) is 1. The zero-order valence-electron chi connectivity index (χ0n) is 28.1. The van der Waals surface area contributed by atoms with Crippen molar-refractivity contribution >= 4 is 34.7 Å². The molecule has 0 spiro atoms. The minimum atomic E-state index is -0.839. The fourth-order valence-corrected chi connectivity index (χ4v) is 7.08. The molecule has 1 aliphatic heterocycles. The van der Waals surface area contributed by atoms with Crippen LogP contribution in [-0.2, 0) is 32.1 Å². The maximum absolute atomic E-state index is 14.6. The van der Waals surface area contributed by atoms with E-state index >= 15 is 0 Å². The molecule has 1 aliphatic carbocycles. The van der Waals surface area contributed by atoms with Crippen LogP contribution < -0.4 is 16.3 Å². The van der Waals surface area contributed by atoms with Gasteiger partial charge < -0.3 is 25.4 Å². The number of benzene rings is 2. The number of aromatic nitrogens is 2. The summed E-state index contributed by atoms with van der Waals surface area (Å²) in [5, 5.41) is 5.99. The first-order valence-corrected chi connectivity index (χ1v) is 17.0. The van der Waals surface area contributed by atoms with Crippen LogP contribution in [0, 0.1) is 24.6 Å². The number of nitrogens with one attached hydrogen (secondary N) is 3.